The molecule has 4 heteroatoms. The van der Waals surface area contributed by atoms with Crippen LogP contribution >= 0.6 is 0 Å². The number of nitriles is 1. The van der Waals surface area contributed by atoms with Gasteiger partial charge >= 0.3 is 0 Å². The average molecular weight is 236 g/mol. The van der Waals surface area contributed by atoms with E-state index in [-0.39, 0.29) is 0 Å². The molecule has 0 fully saturated rings. The molecule has 3 nitrogen and oxygen atoms in total. The van der Waals surface area contributed by atoms with Gasteiger partial charge < -0.3 is 10.5 Å². The van der Waals surface area contributed by atoms with Crippen LogP contribution in [-0.2, 0) is 11.3 Å². The Balaban J connectivity index is 2.16. The van der Waals surface area contributed by atoms with Crippen molar-refractivity contribution in [3.63, 3.8) is 0 Å². The maximum absolute atomic E-state index is 12.4. The monoisotopic (exact) mass is 236 g/mol. The van der Waals surface area contributed by atoms with Crippen molar-refractivity contribution in [1.29, 1.82) is 5.26 Å². The van der Waals surface area contributed by atoms with Crippen molar-refractivity contribution in [3.8, 4) is 6.07 Å². The molecule has 0 saturated heterocycles. The Morgan fingerprint density at radius 3 is 2.65 bits per heavy atom. The van der Waals surface area contributed by atoms with E-state index in [0.29, 0.717) is 26.1 Å². The first-order valence-electron chi connectivity index (χ1n) is 5.58. The second kappa shape index (κ2) is 7.00. The number of ether oxygens (including phenoxy) is 1. The molecule has 92 valence electrons. The standard InChI is InChI=1S/C13H17FN2O/c14-10-13(16,11-15)7-4-8-17-9-12-5-2-1-3-6-12/h1-3,5-6H,4,7-10,16H2/t13-/m0/s1. The van der Waals surface area contributed by atoms with E-state index in [9.17, 15) is 4.39 Å². The molecule has 0 aliphatic heterocycles. The Hall–Kier alpha value is -1.44. The van der Waals surface area contributed by atoms with Gasteiger partial charge in [-0.1, -0.05) is 30.3 Å². The Morgan fingerprint density at radius 1 is 1.35 bits per heavy atom. The number of hydrogen-bond donors (Lipinski definition) is 1. The third kappa shape index (κ3) is 4.94. The van der Waals surface area contributed by atoms with Crippen LogP contribution in [-0.4, -0.2) is 18.8 Å². The molecule has 0 bridgehead atoms. The number of alkyl halides is 1. The van der Waals surface area contributed by atoms with Crippen LogP contribution in [0, 0.1) is 11.3 Å². The van der Waals surface area contributed by atoms with Crippen molar-refractivity contribution >= 4 is 0 Å². The zero-order valence-electron chi connectivity index (χ0n) is 9.73. The fraction of sp³-hybridized carbons (Fsp3) is 0.462. The zero-order valence-corrected chi connectivity index (χ0v) is 9.73. The van der Waals surface area contributed by atoms with Crippen LogP contribution in [0.2, 0.25) is 0 Å². The second-order valence-corrected chi connectivity index (χ2v) is 4.04. The lowest BCUT2D eigenvalue weighted by Gasteiger charge is -2.16. The van der Waals surface area contributed by atoms with Crippen LogP contribution < -0.4 is 5.73 Å². The molecule has 0 radical (unpaired) electrons. The Bertz CT molecular complexity index is 363. The predicted octanol–water partition coefficient (Wildman–Crippen LogP) is 2.17. The fourth-order valence-electron chi connectivity index (χ4n) is 1.41. The minimum Gasteiger partial charge on any atom is -0.377 e. The number of hydrogen-bond acceptors (Lipinski definition) is 3. The molecule has 0 amide bonds. The highest BCUT2D eigenvalue weighted by Gasteiger charge is 2.23. The summed E-state index contributed by atoms with van der Waals surface area (Å²) in [6.07, 6.45) is 0.898. The molecule has 1 aromatic carbocycles. The highest BCUT2D eigenvalue weighted by Crippen LogP contribution is 2.10. The zero-order chi connectivity index (χ0) is 12.6. The maximum atomic E-state index is 12.4. The van der Waals surface area contributed by atoms with E-state index in [4.69, 9.17) is 15.7 Å². The molecule has 0 spiro atoms. The lowest BCUT2D eigenvalue weighted by Crippen LogP contribution is -2.40. The Morgan fingerprint density at radius 2 is 2.06 bits per heavy atom. The normalized spacial score (nSPS) is 13.9. The first-order valence-corrected chi connectivity index (χ1v) is 5.58. The lowest BCUT2D eigenvalue weighted by atomic mass is 9.99. The second-order valence-electron chi connectivity index (χ2n) is 4.04. The molecule has 1 atom stereocenters. The summed E-state index contributed by atoms with van der Waals surface area (Å²) in [5, 5.41) is 8.66. The van der Waals surface area contributed by atoms with E-state index in [1.54, 1.807) is 6.07 Å². The fourth-order valence-corrected chi connectivity index (χ4v) is 1.41. The molecule has 0 unspecified atom stereocenters. The highest BCUT2D eigenvalue weighted by atomic mass is 19.1. The van der Waals surface area contributed by atoms with E-state index in [0.717, 1.165) is 5.56 Å². The minimum atomic E-state index is -1.35. The van der Waals surface area contributed by atoms with Crippen LogP contribution in [0.15, 0.2) is 30.3 Å². The summed E-state index contributed by atoms with van der Waals surface area (Å²) in [6, 6.07) is 11.6. The average Bonchev–Trinajstić information content (AvgIpc) is 2.39. The van der Waals surface area contributed by atoms with Crippen molar-refractivity contribution in [2.75, 3.05) is 13.3 Å². The first-order chi connectivity index (χ1) is 8.20. The number of nitrogens with zero attached hydrogens (tertiary/aromatic N) is 1. The molecule has 2 N–H and O–H groups in total. The van der Waals surface area contributed by atoms with Crippen molar-refractivity contribution in [2.24, 2.45) is 5.73 Å². The summed E-state index contributed by atoms with van der Waals surface area (Å²) < 4.78 is 17.8. The molecule has 1 rings (SSSR count). The molecule has 0 aliphatic rings. The molecule has 0 aromatic heterocycles. The third-order valence-electron chi connectivity index (χ3n) is 2.48. The summed E-state index contributed by atoms with van der Waals surface area (Å²) in [5.74, 6) is 0. The molecule has 17 heavy (non-hydrogen) atoms. The molecule has 0 saturated carbocycles. The number of rotatable bonds is 7. The minimum absolute atomic E-state index is 0.314. The summed E-state index contributed by atoms with van der Waals surface area (Å²) in [4.78, 5) is 0. The molecule has 0 heterocycles. The predicted molar refractivity (Wildman–Crippen MR) is 63.8 cm³/mol. The topological polar surface area (TPSA) is 59.0 Å². The van der Waals surface area contributed by atoms with Gasteiger partial charge in [-0.3, -0.25) is 0 Å². The summed E-state index contributed by atoms with van der Waals surface area (Å²) >= 11 is 0. The van der Waals surface area contributed by atoms with Crippen LogP contribution in [0.4, 0.5) is 4.39 Å². The smallest absolute Gasteiger partial charge is 0.132 e. The van der Waals surface area contributed by atoms with Gasteiger partial charge in [-0.15, -0.1) is 0 Å². The van der Waals surface area contributed by atoms with Crippen molar-refractivity contribution in [1.82, 2.24) is 0 Å². The lowest BCUT2D eigenvalue weighted by molar-refractivity contribution is 0.113. The van der Waals surface area contributed by atoms with Gasteiger partial charge in [0.25, 0.3) is 0 Å². The van der Waals surface area contributed by atoms with E-state index in [1.807, 2.05) is 30.3 Å². The van der Waals surface area contributed by atoms with E-state index in [2.05, 4.69) is 0 Å². The van der Waals surface area contributed by atoms with Crippen molar-refractivity contribution < 1.29 is 9.13 Å². The van der Waals surface area contributed by atoms with Crippen LogP contribution in [0.1, 0.15) is 18.4 Å². The van der Waals surface area contributed by atoms with Gasteiger partial charge in [0, 0.05) is 6.61 Å². The van der Waals surface area contributed by atoms with Crippen molar-refractivity contribution in [3.05, 3.63) is 35.9 Å². The molecule has 1 aromatic rings. The summed E-state index contributed by atoms with van der Waals surface area (Å²) in [7, 11) is 0. The Labute approximate surface area is 101 Å². The van der Waals surface area contributed by atoms with E-state index < -0.39 is 12.2 Å². The number of benzene rings is 1. The van der Waals surface area contributed by atoms with Gasteiger partial charge in [0.05, 0.1) is 12.7 Å². The first kappa shape index (κ1) is 13.6. The molecular weight excluding hydrogens is 219 g/mol. The van der Waals surface area contributed by atoms with Gasteiger partial charge in [0.15, 0.2) is 0 Å². The maximum Gasteiger partial charge on any atom is 0.132 e. The van der Waals surface area contributed by atoms with Gasteiger partial charge in [0.1, 0.15) is 12.2 Å². The SMILES string of the molecule is N#C[C@@](N)(CF)CCCOCc1ccccc1. The highest BCUT2D eigenvalue weighted by molar-refractivity contribution is 5.13. The largest absolute Gasteiger partial charge is 0.377 e. The number of halogens is 1. The van der Waals surface area contributed by atoms with E-state index in [1.165, 1.54) is 0 Å². The molecular formula is C13H17FN2O. The van der Waals surface area contributed by atoms with Crippen LogP contribution in [0.3, 0.4) is 0 Å². The summed E-state index contributed by atoms with van der Waals surface area (Å²) in [6.45, 7) is 0.193. The van der Waals surface area contributed by atoms with Gasteiger partial charge in [-0.05, 0) is 18.4 Å². The van der Waals surface area contributed by atoms with E-state index >= 15 is 0 Å². The van der Waals surface area contributed by atoms with Gasteiger partial charge in [-0.25, -0.2) is 4.39 Å². The van der Waals surface area contributed by atoms with Gasteiger partial charge in [-0.2, -0.15) is 5.26 Å². The Kier molecular flexibility index (Phi) is 5.61. The number of nitrogens with two attached hydrogens (primary N) is 1. The van der Waals surface area contributed by atoms with Crippen LogP contribution in [0.5, 0.6) is 0 Å². The van der Waals surface area contributed by atoms with Crippen LogP contribution in [0.25, 0.3) is 0 Å². The van der Waals surface area contributed by atoms with Crippen molar-refractivity contribution in [2.45, 2.75) is 25.0 Å². The summed E-state index contributed by atoms with van der Waals surface area (Å²) in [5.41, 5.74) is 5.24. The molecule has 0 aliphatic carbocycles. The third-order valence-corrected chi connectivity index (χ3v) is 2.48. The van der Waals surface area contributed by atoms with Gasteiger partial charge in [0.2, 0.25) is 0 Å². The quantitative estimate of drug-likeness (QED) is 0.738.